The number of rotatable bonds is 17. The lowest BCUT2D eigenvalue weighted by Crippen LogP contribution is -2.01. The summed E-state index contributed by atoms with van der Waals surface area (Å²) < 4.78 is 0. The molecule has 0 aliphatic heterocycles. The minimum absolute atomic E-state index is 0.190. The zero-order valence-electron chi connectivity index (χ0n) is 17.2. The summed E-state index contributed by atoms with van der Waals surface area (Å²) >= 11 is 0. The van der Waals surface area contributed by atoms with Crippen LogP contribution in [0.2, 0.25) is 0 Å². The normalized spacial score (nSPS) is 12.0. The molecule has 1 heteroatoms. The molecule has 0 amide bonds. The highest BCUT2D eigenvalue weighted by atomic mass is 14.3. The average molecular weight is 356 g/mol. The molecule has 0 fully saturated rings. The monoisotopic (exact) mass is 355 g/mol. The molecule has 0 heterocycles. The first-order valence-corrected chi connectivity index (χ1v) is 11.3. The molecule has 0 aromatic heterocycles. The SMILES string of the molecule is CCCCCCCCCCCCCCCCC(C#N)Cc1ccccc1. The molecule has 1 aromatic carbocycles. The van der Waals surface area contributed by atoms with Crippen molar-refractivity contribution in [2.45, 2.75) is 110 Å². The average Bonchev–Trinajstić information content (AvgIpc) is 2.68. The zero-order valence-corrected chi connectivity index (χ0v) is 17.2. The van der Waals surface area contributed by atoms with Crippen molar-refractivity contribution in [2.24, 2.45) is 5.92 Å². The molecule has 0 spiro atoms. The molecule has 0 radical (unpaired) electrons. The van der Waals surface area contributed by atoms with Gasteiger partial charge in [-0.1, -0.05) is 127 Å². The molecule has 0 aliphatic rings. The Balaban J connectivity index is 1.86. The van der Waals surface area contributed by atoms with Crippen LogP contribution in [0.3, 0.4) is 0 Å². The lowest BCUT2D eigenvalue weighted by Gasteiger charge is -2.09. The largest absolute Gasteiger partial charge is 0.198 e. The number of nitrogens with zero attached hydrogens (tertiary/aromatic N) is 1. The third-order valence-corrected chi connectivity index (χ3v) is 5.41. The Hall–Kier alpha value is -1.29. The van der Waals surface area contributed by atoms with E-state index in [0.29, 0.717) is 0 Å². The summed E-state index contributed by atoms with van der Waals surface area (Å²) in [6, 6.07) is 12.9. The van der Waals surface area contributed by atoms with E-state index in [1.807, 2.05) is 6.07 Å². The number of unbranched alkanes of at least 4 members (excludes halogenated alkanes) is 13. The van der Waals surface area contributed by atoms with Crippen LogP contribution in [-0.4, -0.2) is 0 Å². The van der Waals surface area contributed by atoms with Gasteiger partial charge in [-0.05, 0) is 18.4 Å². The Morgan fingerprint density at radius 2 is 1.15 bits per heavy atom. The maximum Gasteiger partial charge on any atom is 0.0659 e. The number of benzene rings is 1. The van der Waals surface area contributed by atoms with E-state index >= 15 is 0 Å². The van der Waals surface area contributed by atoms with E-state index in [9.17, 15) is 5.26 Å². The summed E-state index contributed by atoms with van der Waals surface area (Å²) in [4.78, 5) is 0. The Morgan fingerprint density at radius 1 is 0.692 bits per heavy atom. The standard InChI is InChI=1S/C25H41N/c1-2-3-4-5-6-7-8-9-10-11-12-13-14-16-21-25(23-26)22-24-19-17-15-18-20-24/h15,17-20,25H,2-14,16,21-22H2,1H3. The summed E-state index contributed by atoms with van der Waals surface area (Å²) in [5, 5.41) is 9.34. The molecule has 146 valence electrons. The van der Waals surface area contributed by atoms with Crippen LogP contribution in [0.25, 0.3) is 0 Å². The first kappa shape index (κ1) is 22.8. The highest BCUT2D eigenvalue weighted by molar-refractivity contribution is 5.16. The molecule has 1 atom stereocenters. The van der Waals surface area contributed by atoms with Gasteiger partial charge < -0.3 is 0 Å². The Kier molecular flexibility index (Phi) is 15.0. The lowest BCUT2D eigenvalue weighted by molar-refractivity contribution is 0.509. The number of hydrogen-bond acceptors (Lipinski definition) is 1. The fraction of sp³-hybridized carbons (Fsp3) is 0.720. The smallest absolute Gasteiger partial charge is 0.0659 e. The van der Waals surface area contributed by atoms with E-state index < -0.39 is 0 Å². The van der Waals surface area contributed by atoms with Crippen molar-refractivity contribution >= 4 is 0 Å². The topological polar surface area (TPSA) is 23.8 Å². The molecule has 0 N–H and O–H groups in total. The Bertz CT molecular complexity index is 445. The maximum absolute atomic E-state index is 9.34. The number of nitriles is 1. The Labute approximate surface area is 163 Å². The van der Waals surface area contributed by atoms with Crippen LogP contribution in [0.1, 0.15) is 109 Å². The molecule has 0 bridgehead atoms. The van der Waals surface area contributed by atoms with Gasteiger partial charge >= 0.3 is 0 Å². The molecule has 0 aliphatic carbocycles. The van der Waals surface area contributed by atoms with Gasteiger partial charge in [0.1, 0.15) is 0 Å². The van der Waals surface area contributed by atoms with E-state index in [1.165, 1.54) is 95.5 Å². The van der Waals surface area contributed by atoms with Gasteiger partial charge in [-0.15, -0.1) is 0 Å². The van der Waals surface area contributed by atoms with E-state index in [-0.39, 0.29) is 5.92 Å². The summed E-state index contributed by atoms with van der Waals surface area (Å²) in [6.07, 6.45) is 21.5. The van der Waals surface area contributed by atoms with Gasteiger partial charge in [0.25, 0.3) is 0 Å². The zero-order chi connectivity index (χ0) is 18.7. The predicted octanol–water partition coefficient (Wildman–Crippen LogP) is 8.24. The van der Waals surface area contributed by atoms with Crippen molar-refractivity contribution in [2.75, 3.05) is 0 Å². The third-order valence-electron chi connectivity index (χ3n) is 5.41. The van der Waals surface area contributed by atoms with Crippen LogP contribution in [0, 0.1) is 17.2 Å². The lowest BCUT2D eigenvalue weighted by atomic mass is 9.94. The van der Waals surface area contributed by atoms with Crippen LogP contribution in [0.15, 0.2) is 30.3 Å². The van der Waals surface area contributed by atoms with Gasteiger partial charge in [-0.2, -0.15) is 5.26 Å². The molecular formula is C25H41N. The van der Waals surface area contributed by atoms with Crippen molar-refractivity contribution in [3.05, 3.63) is 35.9 Å². The molecule has 1 rings (SSSR count). The second kappa shape index (κ2) is 17.1. The van der Waals surface area contributed by atoms with E-state index in [4.69, 9.17) is 0 Å². The van der Waals surface area contributed by atoms with Crippen molar-refractivity contribution in [3.8, 4) is 6.07 Å². The van der Waals surface area contributed by atoms with Gasteiger partial charge in [0, 0.05) is 0 Å². The van der Waals surface area contributed by atoms with Crippen LogP contribution in [0.4, 0.5) is 0 Å². The molecule has 26 heavy (non-hydrogen) atoms. The maximum atomic E-state index is 9.34. The van der Waals surface area contributed by atoms with Crippen molar-refractivity contribution in [3.63, 3.8) is 0 Å². The van der Waals surface area contributed by atoms with Crippen LogP contribution >= 0.6 is 0 Å². The summed E-state index contributed by atoms with van der Waals surface area (Å²) in [5.74, 6) is 0.190. The summed E-state index contributed by atoms with van der Waals surface area (Å²) in [7, 11) is 0. The van der Waals surface area contributed by atoms with E-state index in [2.05, 4.69) is 37.3 Å². The van der Waals surface area contributed by atoms with Crippen LogP contribution in [-0.2, 0) is 6.42 Å². The van der Waals surface area contributed by atoms with Gasteiger partial charge in [-0.25, -0.2) is 0 Å². The summed E-state index contributed by atoms with van der Waals surface area (Å²) in [6.45, 7) is 2.28. The van der Waals surface area contributed by atoms with Gasteiger partial charge in [-0.3, -0.25) is 0 Å². The van der Waals surface area contributed by atoms with Gasteiger partial charge in [0.05, 0.1) is 12.0 Å². The highest BCUT2D eigenvalue weighted by Crippen LogP contribution is 2.17. The van der Waals surface area contributed by atoms with Gasteiger partial charge in [0.2, 0.25) is 0 Å². The van der Waals surface area contributed by atoms with E-state index in [1.54, 1.807) is 0 Å². The van der Waals surface area contributed by atoms with Crippen molar-refractivity contribution < 1.29 is 0 Å². The first-order chi connectivity index (χ1) is 12.9. The molecule has 0 saturated carbocycles. The molecule has 1 nitrogen and oxygen atoms in total. The highest BCUT2D eigenvalue weighted by Gasteiger charge is 2.08. The molecule has 1 aromatic rings. The summed E-state index contributed by atoms with van der Waals surface area (Å²) in [5.41, 5.74) is 1.30. The Morgan fingerprint density at radius 3 is 1.62 bits per heavy atom. The number of hydrogen-bond donors (Lipinski definition) is 0. The van der Waals surface area contributed by atoms with Crippen LogP contribution < -0.4 is 0 Å². The fourth-order valence-corrected chi connectivity index (χ4v) is 3.70. The second-order valence-corrected chi connectivity index (χ2v) is 7.90. The van der Waals surface area contributed by atoms with Crippen LogP contribution in [0.5, 0.6) is 0 Å². The molecular weight excluding hydrogens is 314 g/mol. The fourth-order valence-electron chi connectivity index (χ4n) is 3.70. The minimum Gasteiger partial charge on any atom is -0.198 e. The van der Waals surface area contributed by atoms with Crippen molar-refractivity contribution in [1.82, 2.24) is 0 Å². The minimum atomic E-state index is 0.190. The molecule has 1 unspecified atom stereocenters. The van der Waals surface area contributed by atoms with Gasteiger partial charge in [0.15, 0.2) is 0 Å². The third kappa shape index (κ3) is 13.0. The first-order valence-electron chi connectivity index (χ1n) is 11.3. The van der Waals surface area contributed by atoms with Crippen molar-refractivity contribution in [1.29, 1.82) is 5.26 Å². The predicted molar refractivity (Wildman–Crippen MR) is 114 cm³/mol. The van der Waals surface area contributed by atoms with E-state index in [0.717, 1.165) is 12.8 Å². The second-order valence-electron chi connectivity index (χ2n) is 7.90. The molecule has 0 saturated heterocycles. The quantitative estimate of drug-likeness (QED) is 0.258.